The van der Waals surface area contributed by atoms with Crippen LogP contribution in [0.1, 0.15) is 36.9 Å². The first kappa shape index (κ1) is 16.7. The van der Waals surface area contributed by atoms with Crippen molar-refractivity contribution >= 4 is 11.6 Å². The molecule has 1 aliphatic heterocycles. The minimum Gasteiger partial charge on any atom is -0.494 e. The van der Waals surface area contributed by atoms with Crippen LogP contribution in [0, 0.1) is 0 Å². The maximum Gasteiger partial charge on any atom is 0.330 e. The Kier molecular flexibility index (Phi) is 4.26. The highest BCUT2D eigenvalue weighted by Gasteiger charge is 2.34. The second-order valence-electron chi connectivity index (χ2n) is 5.79. The van der Waals surface area contributed by atoms with Gasteiger partial charge in [-0.1, -0.05) is 37.3 Å². The molecule has 3 rings (SSSR count). The monoisotopic (exact) mass is 342 g/mol. The second-order valence-corrected chi connectivity index (χ2v) is 5.79. The Balaban J connectivity index is 2.10. The predicted molar refractivity (Wildman–Crippen MR) is 91.4 cm³/mol. The molecule has 8 heteroatoms. The Hall–Kier alpha value is -3.16. The molecule has 0 spiro atoms. The number of aromatic hydroxyl groups is 1. The molecule has 0 radical (unpaired) electrons. The van der Waals surface area contributed by atoms with Crippen molar-refractivity contribution in [1.29, 1.82) is 0 Å². The van der Waals surface area contributed by atoms with E-state index < -0.39 is 17.1 Å². The van der Waals surface area contributed by atoms with Gasteiger partial charge < -0.3 is 5.11 Å². The average Bonchev–Trinajstić information content (AvgIpc) is 3.05. The van der Waals surface area contributed by atoms with E-state index in [1.807, 2.05) is 30.3 Å². The molecule has 2 aromatic rings. The Morgan fingerprint density at radius 3 is 2.64 bits per heavy atom. The third-order valence-corrected chi connectivity index (χ3v) is 4.23. The number of aromatic amines is 1. The van der Waals surface area contributed by atoms with Crippen LogP contribution in [0.3, 0.4) is 0 Å². The van der Waals surface area contributed by atoms with E-state index in [2.05, 4.69) is 10.1 Å². The summed E-state index contributed by atoms with van der Waals surface area (Å²) >= 11 is 0. The molecule has 0 saturated heterocycles. The number of hydrogen-bond donors (Lipinski definition) is 2. The number of amides is 1. The van der Waals surface area contributed by atoms with E-state index in [-0.39, 0.29) is 36.1 Å². The van der Waals surface area contributed by atoms with Gasteiger partial charge in [-0.15, -0.1) is 0 Å². The lowest BCUT2D eigenvalue weighted by Gasteiger charge is -2.21. The molecule has 130 valence electrons. The molecule has 1 aromatic heterocycles. The van der Waals surface area contributed by atoms with Gasteiger partial charge in [0.25, 0.3) is 5.56 Å². The number of benzene rings is 1. The predicted octanol–water partition coefficient (Wildman–Crippen LogP) is 0.867. The number of H-pyrrole nitrogens is 1. The highest BCUT2D eigenvalue weighted by atomic mass is 16.3. The lowest BCUT2D eigenvalue weighted by molar-refractivity contribution is -0.132. The van der Waals surface area contributed by atoms with E-state index in [0.717, 1.165) is 10.1 Å². The topological polar surface area (TPSA) is 108 Å². The number of aromatic nitrogens is 2. The van der Waals surface area contributed by atoms with Crippen LogP contribution in [-0.2, 0) is 11.8 Å². The number of carbonyl (C=O) groups is 1. The van der Waals surface area contributed by atoms with Gasteiger partial charge in [-0.2, -0.15) is 5.10 Å². The standard InChI is InChI=1S/C17H18N4O4/c1-3-13(22)21-12(10-7-5-4-6-8-10)9-11(19-21)14-15(23)18-17(25)20(2)16(14)24/h4-8,12,24H,3,9H2,1-2H3,(H,18,23,25)/t12-/m1/s1. The van der Waals surface area contributed by atoms with Crippen LogP contribution >= 0.6 is 0 Å². The number of rotatable bonds is 3. The highest BCUT2D eigenvalue weighted by Crippen LogP contribution is 2.33. The minimum atomic E-state index is -0.725. The van der Waals surface area contributed by atoms with E-state index in [1.165, 1.54) is 12.1 Å². The molecule has 1 amide bonds. The molecule has 1 aromatic carbocycles. The molecular weight excluding hydrogens is 324 g/mol. The van der Waals surface area contributed by atoms with Crippen LogP contribution in [0.2, 0.25) is 0 Å². The Bertz CT molecular complexity index is 959. The van der Waals surface area contributed by atoms with E-state index in [0.29, 0.717) is 0 Å². The summed E-state index contributed by atoms with van der Waals surface area (Å²) in [6.45, 7) is 1.73. The van der Waals surface area contributed by atoms with Crippen LogP contribution in [0.15, 0.2) is 45.0 Å². The Morgan fingerprint density at radius 1 is 1.32 bits per heavy atom. The molecule has 1 atom stereocenters. The first-order valence-electron chi connectivity index (χ1n) is 7.91. The number of carbonyl (C=O) groups excluding carboxylic acids is 1. The number of hydrazone groups is 1. The van der Waals surface area contributed by atoms with E-state index >= 15 is 0 Å². The van der Waals surface area contributed by atoms with Crippen molar-refractivity contribution in [2.75, 3.05) is 0 Å². The molecule has 0 unspecified atom stereocenters. The Morgan fingerprint density at radius 2 is 2.00 bits per heavy atom. The van der Waals surface area contributed by atoms with Crippen LogP contribution in [0.25, 0.3) is 0 Å². The summed E-state index contributed by atoms with van der Waals surface area (Å²) in [6.07, 6.45) is 0.528. The summed E-state index contributed by atoms with van der Waals surface area (Å²) in [7, 11) is 1.34. The lowest BCUT2D eigenvalue weighted by Crippen LogP contribution is -2.32. The van der Waals surface area contributed by atoms with Crippen molar-refractivity contribution in [3.05, 3.63) is 62.3 Å². The van der Waals surface area contributed by atoms with E-state index in [1.54, 1.807) is 6.92 Å². The van der Waals surface area contributed by atoms with Crippen LogP contribution < -0.4 is 11.2 Å². The average molecular weight is 342 g/mol. The van der Waals surface area contributed by atoms with Gasteiger partial charge in [0.2, 0.25) is 11.8 Å². The zero-order valence-corrected chi connectivity index (χ0v) is 13.9. The van der Waals surface area contributed by atoms with Gasteiger partial charge in [0.05, 0.1) is 11.8 Å². The van der Waals surface area contributed by atoms with Gasteiger partial charge in [-0.05, 0) is 5.56 Å². The van der Waals surface area contributed by atoms with Crippen LogP contribution in [-0.4, -0.2) is 31.3 Å². The van der Waals surface area contributed by atoms with Crippen LogP contribution in [0.4, 0.5) is 0 Å². The number of hydrogen-bond acceptors (Lipinski definition) is 5. The highest BCUT2D eigenvalue weighted by molar-refractivity contribution is 6.04. The summed E-state index contributed by atoms with van der Waals surface area (Å²) < 4.78 is 0.932. The lowest BCUT2D eigenvalue weighted by atomic mass is 9.99. The zero-order valence-electron chi connectivity index (χ0n) is 13.9. The summed E-state index contributed by atoms with van der Waals surface area (Å²) in [5, 5.41) is 15.8. The fourth-order valence-electron chi connectivity index (χ4n) is 2.86. The molecule has 1 aliphatic rings. The summed E-state index contributed by atoms with van der Waals surface area (Å²) in [6, 6.07) is 8.99. The van der Waals surface area contributed by atoms with Crippen molar-refractivity contribution in [2.24, 2.45) is 12.1 Å². The van der Waals surface area contributed by atoms with Crippen molar-refractivity contribution in [1.82, 2.24) is 14.6 Å². The second kappa shape index (κ2) is 6.39. The first-order valence-corrected chi connectivity index (χ1v) is 7.91. The van der Waals surface area contributed by atoms with E-state index in [9.17, 15) is 19.5 Å². The molecule has 2 heterocycles. The maximum absolute atomic E-state index is 12.3. The zero-order chi connectivity index (χ0) is 18.1. The first-order chi connectivity index (χ1) is 11.9. The van der Waals surface area contributed by atoms with Crippen molar-refractivity contribution in [2.45, 2.75) is 25.8 Å². The molecule has 8 nitrogen and oxygen atoms in total. The Labute approximate surface area is 143 Å². The SMILES string of the molecule is CCC(=O)N1N=C(c2c(O)n(C)c(=O)[nH]c2=O)C[C@@H]1c1ccccc1. The molecule has 0 fully saturated rings. The van der Waals surface area contributed by atoms with Gasteiger partial charge in [0.1, 0.15) is 5.56 Å². The van der Waals surface area contributed by atoms with Crippen molar-refractivity contribution in [3.63, 3.8) is 0 Å². The third-order valence-electron chi connectivity index (χ3n) is 4.23. The van der Waals surface area contributed by atoms with Gasteiger partial charge in [0, 0.05) is 19.9 Å². The molecule has 0 bridgehead atoms. The normalized spacial score (nSPS) is 16.8. The largest absolute Gasteiger partial charge is 0.494 e. The van der Waals surface area contributed by atoms with Crippen LogP contribution in [0.5, 0.6) is 5.88 Å². The summed E-state index contributed by atoms with van der Waals surface area (Å²) in [5.41, 5.74) is -0.383. The summed E-state index contributed by atoms with van der Waals surface area (Å²) in [5.74, 6) is -0.658. The van der Waals surface area contributed by atoms with Gasteiger partial charge in [-0.25, -0.2) is 9.80 Å². The van der Waals surface area contributed by atoms with Crippen molar-refractivity contribution in [3.8, 4) is 5.88 Å². The summed E-state index contributed by atoms with van der Waals surface area (Å²) in [4.78, 5) is 38.2. The third kappa shape index (κ3) is 2.86. The fourth-order valence-corrected chi connectivity index (χ4v) is 2.86. The molecule has 25 heavy (non-hydrogen) atoms. The quantitative estimate of drug-likeness (QED) is 0.862. The van der Waals surface area contributed by atoms with Gasteiger partial charge in [0.15, 0.2) is 0 Å². The molecule has 0 saturated carbocycles. The van der Waals surface area contributed by atoms with Crippen molar-refractivity contribution < 1.29 is 9.90 Å². The van der Waals surface area contributed by atoms with Gasteiger partial charge >= 0.3 is 5.69 Å². The molecular formula is C17H18N4O4. The molecule has 0 aliphatic carbocycles. The number of nitrogens with one attached hydrogen (secondary N) is 1. The smallest absolute Gasteiger partial charge is 0.330 e. The maximum atomic E-state index is 12.3. The minimum absolute atomic E-state index is 0.0885. The number of nitrogens with zero attached hydrogens (tertiary/aromatic N) is 3. The molecule has 2 N–H and O–H groups in total. The van der Waals surface area contributed by atoms with E-state index in [4.69, 9.17) is 0 Å². The van der Waals surface area contributed by atoms with Gasteiger partial charge in [-0.3, -0.25) is 19.1 Å². The fraction of sp³-hybridized carbons (Fsp3) is 0.294.